The second-order valence-electron chi connectivity index (χ2n) is 4.73. The molecule has 0 spiro atoms. The van der Waals surface area contributed by atoms with Crippen LogP contribution in [-0.2, 0) is 9.59 Å². The number of amides is 2. The summed E-state index contributed by atoms with van der Waals surface area (Å²) in [7, 11) is 0. The highest BCUT2D eigenvalue weighted by atomic mass is 32.2. The summed E-state index contributed by atoms with van der Waals surface area (Å²) in [5.41, 5.74) is 10.8. The molecule has 0 aromatic carbocycles. The van der Waals surface area contributed by atoms with E-state index < -0.39 is 4.75 Å². The van der Waals surface area contributed by atoms with Crippen LogP contribution in [0.15, 0.2) is 0 Å². The van der Waals surface area contributed by atoms with Crippen molar-refractivity contribution in [3.63, 3.8) is 0 Å². The zero-order chi connectivity index (χ0) is 13.6. The average molecular weight is 260 g/mol. The number of thioether (sulfide) groups is 1. The minimum Gasteiger partial charge on any atom is -0.369 e. The number of carbonyl (C=O) groups is 2. The molecule has 0 aliphatic rings. The van der Waals surface area contributed by atoms with Crippen molar-refractivity contribution in [2.75, 3.05) is 0 Å². The van der Waals surface area contributed by atoms with Crippen molar-refractivity contribution in [3.8, 4) is 0 Å². The summed E-state index contributed by atoms with van der Waals surface area (Å²) in [5, 5.41) is -0.346. The van der Waals surface area contributed by atoms with Crippen molar-refractivity contribution >= 4 is 23.6 Å². The number of carbonyl (C=O) groups excluding carboxylic acids is 2. The maximum atomic E-state index is 11.7. The van der Waals surface area contributed by atoms with Crippen LogP contribution in [-0.4, -0.2) is 21.8 Å². The molecule has 0 aliphatic carbocycles. The molecule has 0 rings (SSSR count). The highest BCUT2D eigenvalue weighted by molar-refractivity contribution is 8.02. The molecule has 100 valence electrons. The van der Waals surface area contributed by atoms with Crippen LogP contribution in [0.2, 0.25) is 0 Å². The van der Waals surface area contributed by atoms with Gasteiger partial charge in [0.05, 0.1) is 10.00 Å². The second kappa shape index (κ2) is 6.89. The second-order valence-corrected chi connectivity index (χ2v) is 6.31. The number of rotatable bonds is 8. The minimum absolute atomic E-state index is 0.346. The first kappa shape index (κ1) is 16.3. The summed E-state index contributed by atoms with van der Waals surface area (Å²) in [4.78, 5) is 23.0. The third-order valence-corrected chi connectivity index (χ3v) is 4.77. The number of hydrogen-bond donors (Lipinski definition) is 2. The number of primary amides is 2. The van der Waals surface area contributed by atoms with Gasteiger partial charge in [0.1, 0.15) is 0 Å². The van der Waals surface area contributed by atoms with Crippen molar-refractivity contribution in [1.29, 1.82) is 0 Å². The molecule has 0 fully saturated rings. The van der Waals surface area contributed by atoms with Gasteiger partial charge in [-0.3, -0.25) is 9.59 Å². The van der Waals surface area contributed by atoms with Crippen LogP contribution in [0.25, 0.3) is 0 Å². The van der Waals surface area contributed by atoms with E-state index in [1.165, 1.54) is 11.8 Å². The molecule has 0 bridgehead atoms. The Hall–Kier alpha value is -0.710. The van der Waals surface area contributed by atoms with Crippen LogP contribution in [0.1, 0.15) is 47.0 Å². The van der Waals surface area contributed by atoms with E-state index in [-0.39, 0.29) is 17.1 Å². The van der Waals surface area contributed by atoms with Crippen molar-refractivity contribution in [3.05, 3.63) is 0 Å². The molecule has 0 aromatic heterocycles. The van der Waals surface area contributed by atoms with Gasteiger partial charge < -0.3 is 11.5 Å². The van der Waals surface area contributed by atoms with Crippen LogP contribution < -0.4 is 11.5 Å². The van der Waals surface area contributed by atoms with Crippen LogP contribution in [0.4, 0.5) is 0 Å². The summed E-state index contributed by atoms with van der Waals surface area (Å²) in [5.74, 6) is -0.376. The normalized spacial score (nSPS) is 16.5. The van der Waals surface area contributed by atoms with Gasteiger partial charge in [-0.15, -0.1) is 11.8 Å². The highest BCUT2D eigenvalue weighted by Crippen LogP contribution is 2.39. The maximum Gasteiger partial charge on any atom is 0.233 e. The Bertz CT molecular complexity index is 282. The van der Waals surface area contributed by atoms with E-state index in [1.807, 2.05) is 27.7 Å². The van der Waals surface area contributed by atoms with E-state index in [1.54, 1.807) is 0 Å². The molecular weight excluding hydrogens is 236 g/mol. The van der Waals surface area contributed by atoms with E-state index in [0.717, 1.165) is 0 Å². The van der Waals surface area contributed by atoms with Crippen LogP contribution in [0, 0.1) is 5.92 Å². The smallest absolute Gasteiger partial charge is 0.233 e. The molecule has 2 amide bonds. The molecule has 17 heavy (non-hydrogen) atoms. The summed E-state index contributed by atoms with van der Waals surface area (Å²) >= 11 is 1.33. The van der Waals surface area contributed by atoms with E-state index in [0.29, 0.717) is 25.2 Å². The van der Waals surface area contributed by atoms with Crippen molar-refractivity contribution in [2.24, 2.45) is 17.4 Å². The standard InChI is InChI=1S/C12H24N2O2S/c1-5-9(10(13)15)17-12(6-2,11(14)16)7-8(3)4/h8-9H,5-7H2,1-4H3,(H2,13,15)(H2,14,16)/t9-,12+/m0/s1. The van der Waals surface area contributed by atoms with Gasteiger partial charge in [-0.1, -0.05) is 27.7 Å². The van der Waals surface area contributed by atoms with Crippen LogP contribution >= 0.6 is 11.8 Å². The molecule has 4 nitrogen and oxygen atoms in total. The Labute approximate surface area is 108 Å². The lowest BCUT2D eigenvalue weighted by molar-refractivity contribution is -0.120. The lowest BCUT2D eigenvalue weighted by Gasteiger charge is -2.33. The van der Waals surface area contributed by atoms with Crippen molar-refractivity contribution < 1.29 is 9.59 Å². The van der Waals surface area contributed by atoms with E-state index in [4.69, 9.17) is 11.5 Å². The topological polar surface area (TPSA) is 86.2 Å². The third kappa shape index (κ3) is 4.58. The fourth-order valence-corrected chi connectivity index (χ4v) is 3.42. The monoisotopic (exact) mass is 260 g/mol. The molecule has 0 saturated heterocycles. The SMILES string of the molecule is CC[C@H](S[C@](CC)(CC(C)C)C(N)=O)C(N)=O. The van der Waals surface area contributed by atoms with Gasteiger partial charge in [0.2, 0.25) is 11.8 Å². The Balaban J connectivity index is 5.03. The summed E-state index contributed by atoms with van der Waals surface area (Å²) in [6.45, 7) is 7.89. The molecule has 4 N–H and O–H groups in total. The molecule has 5 heteroatoms. The van der Waals surface area contributed by atoms with E-state index in [9.17, 15) is 9.59 Å². The molecule has 2 atom stereocenters. The highest BCUT2D eigenvalue weighted by Gasteiger charge is 2.39. The minimum atomic E-state index is -0.677. The quantitative estimate of drug-likeness (QED) is 0.696. The average Bonchev–Trinajstić information content (AvgIpc) is 2.22. The lowest BCUT2D eigenvalue weighted by Crippen LogP contribution is -2.44. The van der Waals surface area contributed by atoms with Crippen molar-refractivity contribution in [2.45, 2.75) is 57.0 Å². The van der Waals surface area contributed by atoms with Gasteiger partial charge in [-0.2, -0.15) is 0 Å². The predicted molar refractivity (Wildman–Crippen MR) is 72.5 cm³/mol. The van der Waals surface area contributed by atoms with E-state index in [2.05, 4.69) is 0 Å². The summed E-state index contributed by atoms with van der Waals surface area (Å²) < 4.78 is -0.677. The summed E-state index contributed by atoms with van der Waals surface area (Å²) in [6, 6.07) is 0. The fraction of sp³-hybridized carbons (Fsp3) is 0.833. The summed E-state index contributed by atoms with van der Waals surface area (Å²) in [6.07, 6.45) is 1.91. The van der Waals surface area contributed by atoms with Crippen LogP contribution in [0.5, 0.6) is 0 Å². The number of nitrogens with two attached hydrogens (primary N) is 2. The largest absolute Gasteiger partial charge is 0.369 e. The number of hydrogen-bond acceptors (Lipinski definition) is 3. The van der Waals surface area contributed by atoms with E-state index >= 15 is 0 Å². The Morgan fingerprint density at radius 1 is 1.24 bits per heavy atom. The molecule has 0 aliphatic heterocycles. The maximum absolute atomic E-state index is 11.7. The van der Waals surface area contributed by atoms with Gasteiger partial charge >= 0.3 is 0 Å². The van der Waals surface area contributed by atoms with Gasteiger partial charge in [-0.05, 0) is 25.2 Å². The Morgan fingerprint density at radius 2 is 1.76 bits per heavy atom. The first-order valence-corrected chi connectivity index (χ1v) is 6.94. The fourth-order valence-electron chi connectivity index (χ4n) is 1.88. The molecule has 0 unspecified atom stereocenters. The predicted octanol–water partition coefficient (Wildman–Crippen LogP) is 1.66. The molecule has 0 aromatic rings. The zero-order valence-electron chi connectivity index (χ0n) is 11.2. The first-order valence-electron chi connectivity index (χ1n) is 6.06. The van der Waals surface area contributed by atoms with Gasteiger partial charge in [-0.25, -0.2) is 0 Å². The van der Waals surface area contributed by atoms with Gasteiger partial charge in [0, 0.05) is 0 Å². The van der Waals surface area contributed by atoms with Gasteiger partial charge in [0.15, 0.2) is 0 Å². The lowest BCUT2D eigenvalue weighted by atomic mass is 9.93. The zero-order valence-corrected chi connectivity index (χ0v) is 12.0. The molecule has 0 radical (unpaired) electrons. The van der Waals surface area contributed by atoms with Crippen molar-refractivity contribution in [1.82, 2.24) is 0 Å². The molecule has 0 heterocycles. The Morgan fingerprint density at radius 3 is 2.00 bits per heavy atom. The first-order chi connectivity index (χ1) is 7.79. The van der Waals surface area contributed by atoms with Gasteiger partial charge in [0.25, 0.3) is 0 Å². The van der Waals surface area contributed by atoms with Crippen LogP contribution in [0.3, 0.4) is 0 Å². The molecular formula is C12H24N2O2S. The third-order valence-electron chi connectivity index (χ3n) is 2.81. The Kier molecular flexibility index (Phi) is 6.60. The molecule has 0 saturated carbocycles.